The second-order valence-corrected chi connectivity index (χ2v) is 4.23. The molecule has 1 nitrogen and oxygen atoms in total. The maximum atomic E-state index is 5.87. The van der Waals surface area contributed by atoms with Gasteiger partial charge in [0.2, 0.25) is 0 Å². The van der Waals surface area contributed by atoms with E-state index in [1.807, 2.05) is 24.3 Å². The Kier molecular flexibility index (Phi) is 4.66. The molecule has 0 fully saturated rings. The molecule has 14 heavy (non-hydrogen) atoms. The first-order valence-electron chi connectivity index (χ1n) is 4.50. The highest BCUT2D eigenvalue weighted by molar-refractivity contribution is 9.10. The highest BCUT2D eigenvalue weighted by Crippen LogP contribution is 2.27. The minimum Gasteiger partial charge on any atom is -0.307 e. The number of benzene rings is 1. The van der Waals surface area contributed by atoms with Gasteiger partial charge in [0.15, 0.2) is 0 Å². The Hall–Kier alpha value is -0.310. The van der Waals surface area contributed by atoms with Crippen molar-refractivity contribution in [2.75, 3.05) is 6.54 Å². The molecular weight excluding hydrogens is 261 g/mol. The van der Waals surface area contributed by atoms with Crippen LogP contribution in [0.5, 0.6) is 0 Å². The van der Waals surface area contributed by atoms with Crippen molar-refractivity contribution >= 4 is 27.5 Å². The summed E-state index contributed by atoms with van der Waals surface area (Å²) in [5, 5.41) is 4.05. The molecule has 1 aromatic rings. The molecule has 0 amide bonds. The summed E-state index contributed by atoms with van der Waals surface area (Å²) in [6.07, 6.45) is 1.89. The van der Waals surface area contributed by atoms with Gasteiger partial charge in [0.1, 0.15) is 0 Å². The summed E-state index contributed by atoms with van der Waals surface area (Å²) >= 11 is 9.35. The number of halogens is 2. The topological polar surface area (TPSA) is 12.0 Å². The Bertz CT molecular complexity index is 325. The van der Waals surface area contributed by atoms with Gasteiger partial charge in [0.05, 0.1) is 6.04 Å². The van der Waals surface area contributed by atoms with Gasteiger partial charge >= 0.3 is 0 Å². The lowest BCUT2D eigenvalue weighted by Gasteiger charge is -2.15. The monoisotopic (exact) mass is 273 g/mol. The zero-order valence-corrected chi connectivity index (χ0v) is 10.4. The molecule has 0 aliphatic rings. The smallest absolute Gasteiger partial charge is 0.0514 e. The van der Waals surface area contributed by atoms with E-state index in [1.54, 1.807) is 0 Å². The van der Waals surface area contributed by atoms with Crippen molar-refractivity contribution in [2.24, 2.45) is 0 Å². The molecule has 1 rings (SSSR count). The van der Waals surface area contributed by atoms with E-state index >= 15 is 0 Å². The molecular formula is C11H13BrClN. The maximum Gasteiger partial charge on any atom is 0.0514 e. The highest BCUT2D eigenvalue weighted by Gasteiger charge is 2.09. The van der Waals surface area contributed by atoms with Crippen LogP contribution in [-0.2, 0) is 0 Å². The largest absolute Gasteiger partial charge is 0.307 e. The fraction of sp³-hybridized carbons (Fsp3) is 0.273. The first-order valence-corrected chi connectivity index (χ1v) is 5.67. The lowest BCUT2D eigenvalue weighted by molar-refractivity contribution is 0.647. The number of rotatable bonds is 4. The fourth-order valence-electron chi connectivity index (χ4n) is 1.29. The quantitative estimate of drug-likeness (QED) is 0.820. The van der Waals surface area contributed by atoms with Crippen molar-refractivity contribution in [3.05, 3.63) is 45.9 Å². The molecule has 0 saturated carbocycles. The fourth-order valence-corrected chi connectivity index (χ4v) is 2.22. The zero-order chi connectivity index (χ0) is 10.6. The van der Waals surface area contributed by atoms with Gasteiger partial charge in [0.25, 0.3) is 0 Å². The lowest BCUT2D eigenvalue weighted by Crippen LogP contribution is -2.18. The SMILES string of the molecule is C=CC(NCC)c1ccc(Cl)cc1Br. The van der Waals surface area contributed by atoms with Gasteiger partial charge in [-0.2, -0.15) is 0 Å². The van der Waals surface area contributed by atoms with Crippen LogP contribution in [0.3, 0.4) is 0 Å². The molecule has 76 valence electrons. The Labute approximate surface area is 98.3 Å². The summed E-state index contributed by atoms with van der Waals surface area (Å²) in [6, 6.07) is 5.95. The Morgan fingerprint density at radius 1 is 1.64 bits per heavy atom. The van der Waals surface area contributed by atoms with Crippen molar-refractivity contribution in [1.82, 2.24) is 5.32 Å². The van der Waals surface area contributed by atoms with Gasteiger partial charge in [-0.05, 0) is 24.2 Å². The van der Waals surface area contributed by atoms with Gasteiger partial charge in [-0.1, -0.05) is 46.6 Å². The second kappa shape index (κ2) is 5.54. The molecule has 0 aliphatic carbocycles. The van der Waals surface area contributed by atoms with Crippen LogP contribution >= 0.6 is 27.5 Å². The van der Waals surface area contributed by atoms with Crippen LogP contribution in [0.1, 0.15) is 18.5 Å². The highest BCUT2D eigenvalue weighted by atomic mass is 79.9. The van der Waals surface area contributed by atoms with Crippen molar-refractivity contribution in [1.29, 1.82) is 0 Å². The van der Waals surface area contributed by atoms with Crippen molar-refractivity contribution in [3.8, 4) is 0 Å². The van der Waals surface area contributed by atoms with Gasteiger partial charge in [-0.3, -0.25) is 0 Å². The van der Waals surface area contributed by atoms with Crippen LogP contribution in [0.4, 0.5) is 0 Å². The minimum absolute atomic E-state index is 0.173. The van der Waals surface area contributed by atoms with Crippen LogP contribution in [0.15, 0.2) is 35.3 Å². The molecule has 1 aromatic carbocycles. The number of hydrogen-bond acceptors (Lipinski definition) is 1. The number of nitrogens with one attached hydrogen (secondary N) is 1. The molecule has 0 saturated heterocycles. The third-order valence-corrected chi connectivity index (χ3v) is 2.88. The summed E-state index contributed by atoms with van der Waals surface area (Å²) < 4.78 is 1.01. The Morgan fingerprint density at radius 3 is 2.86 bits per heavy atom. The average molecular weight is 275 g/mol. The minimum atomic E-state index is 0.173. The van der Waals surface area contributed by atoms with Crippen molar-refractivity contribution in [3.63, 3.8) is 0 Å². The number of likely N-dealkylation sites (N-methyl/N-ethyl adjacent to an activating group) is 1. The van der Waals surface area contributed by atoms with Crippen molar-refractivity contribution < 1.29 is 0 Å². The van der Waals surface area contributed by atoms with Crippen LogP contribution in [0.2, 0.25) is 5.02 Å². The normalized spacial score (nSPS) is 12.5. The average Bonchev–Trinajstić information content (AvgIpc) is 2.15. The van der Waals surface area contributed by atoms with E-state index in [-0.39, 0.29) is 6.04 Å². The molecule has 0 radical (unpaired) electrons. The van der Waals surface area contributed by atoms with Gasteiger partial charge < -0.3 is 5.32 Å². The third kappa shape index (κ3) is 2.84. The van der Waals surface area contributed by atoms with E-state index in [1.165, 1.54) is 0 Å². The van der Waals surface area contributed by atoms with Crippen molar-refractivity contribution in [2.45, 2.75) is 13.0 Å². The summed E-state index contributed by atoms with van der Waals surface area (Å²) in [5.74, 6) is 0. The molecule has 0 bridgehead atoms. The number of hydrogen-bond donors (Lipinski definition) is 1. The van der Waals surface area contributed by atoms with E-state index in [2.05, 4.69) is 34.7 Å². The zero-order valence-electron chi connectivity index (χ0n) is 8.06. The van der Waals surface area contributed by atoms with Gasteiger partial charge in [0, 0.05) is 9.50 Å². The lowest BCUT2D eigenvalue weighted by atomic mass is 10.1. The van der Waals surface area contributed by atoms with E-state index in [0.29, 0.717) is 0 Å². The second-order valence-electron chi connectivity index (χ2n) is 2.94. The molecule has 1 N–H and O–H groups in total. The molecule has 1 atom stereocenters. The van der Waals surface area contributed by atoms with Gasteiger partial charge in [-0.25, -0.2) is 0 Å². The maximum absolute atomic E-state index is 5.87. The molecule has 0 aromatic heterocycles. The summed E-state index contributed by atoms with van der Waals surface area (Å²) in [7, 11) is 0. The standard InChI is InChI=1S/C11H13BrClN/c1-3-11(14-4-2)9-6-5-8(13)7-10(9)12/h3,5-7,11,14H,1,4H2,2H3. The third-order valence-electron chi connectivity index (χ3n) is 1.96. The van der Waals surface area contributed by atoms with Gasteiger partial charge in [-0.15, -0.1) is 6.58 Å². The summed E-state index contributed by atoms with van der Waals surface area (Å²) in [4.78, 5) is 0. The van der Waals surface area contributed by atoms with E-state index in [4.69, 9.17) is 11.6 Å². The summed E-state index contributed by atoms with van der Waals surface area (Å²) in [6.45, 7) is 6.78. The predicted molar refractivity (Wildman–Crippen MR) is 65.8 cm³/mol. The first kappa shape index (κ1) is 11.8. The van der Waals surface area contributed by atoms with Crippen LogP contribution in [0.25, 0.3) is 0 Å². The summed E-state index contributed by atoms with van der Waals surface area (Å²) in [5.41, 5.74) is 1.16. The van der Waals surface area contributed by atoms with Crippen LogP contribution in [-0.4, -0.2) is 6.54 Å². The molecule has 1 unspecified atom stereocenters. The molecule has 0 heterocycles. The molecule has 3 heteroatoms. The Balaban J connectivity index is 2.98. The first-order chi connectivity index (χ1) is 6.69. The van der Waals surface area contributed by atoms with Crippen LogP contribution < -0.4 is 5.32 Å². The van der Waals surface area contributed by atoms with E-state index < -0.39 is 0 Å². The Morgan fingerprint density at radius 2 is 2.36 bits per heavy atom. The van der Waals surface area contributed by atoms with Crippen LogP contribution in [0, 0.1) is 0 Å². The van der Waals surface area contributed by atoms with E-state index in [0.717, 1.165) is 21.6 Å². The molecule has 0 aliphatic heterocycles. The molecule has 0 spiro atoms. The van der Waals surface area contributed by atoms with E-state index in [9.17, 15) is 0 Å². The predicted octanol–water partition coefficient (Wildman–Crippen LogP) is 3.94.